The smallest absolute Gasteiger partial charge is 0.0385 e. The predicted molar refractivity (Wildman–Crippen MR) is 51.2 cm³/mol. The molecule has 0 saturated heterocycles. The molecule has 0 aromatic carbocycles. The molecule has 0 aliphatic heterocycles. The van der Waals surface area contributed by atoms with Crippen molar-refractivity contribution in [3.8, 4) is 0 Å². The van der Waals surface area contributed by atoms with E-state index in [0.29, 0.717) is 0 Å². The number of nitrogens with zero attached hydrogens (tertiary/aromatic N) is 1. The lowest BCUT2D eigenvalue weighted by atomic mass is 10.2. The van der Waals surface area contributed by atoms with Gasteiger partial charge >= 0.3 is 0 Å². The van der Waals surface area contributed by atoms with Gasteiger partial charge in [0.05, 0.1) is 0 Å². The van der Waals surface area contributed by atoms with Crippen LogP contribution in [0.5, 0.6) is 0 Å². The fourth-order valence-corrected chi connectivity index (χ4v) is 0.921. The first-order valence-electron chi connectivity index (χ1n) is 4.60. The minimum Gasteiger partial charge on any atom is -0.330 e. The van der Waals surface area contributed by atoms with Gasteiger partial charge in [0.25, 0.3) is 0 Å². The number of hydrogen-bond donors (Lipinski definition) is 1. The van der Waals surface area contributed by atoms with E-state index >= 15 is 0 Å². The summed E-state index contributed by atoms with van der Waals surface area (Å²) in [6, 6.07) is 0. The van der Waals surface area contributed by atoms with Crippen LogP contribution in [-0.4, -0.2) is 19.3 Å². The second kappa shape index (κ2) is 9.63. The largest absolute Gasteiger partial charge is 0.330 e. The van der Waals surface area contributed by atoms with Crippen LogP contribution >= 0.6 is 0 Å². The van der Waals surface area contributed by atoms with E-state index in [2.05, 4.69) is 11.9 Å². The van der Waals surface area contributed by atoms with Crippen molar-refractivity contribution in [1.29, 1.82) is 0 Å². The molecule has 0 unspecified atom stereocenters. The van der Waals surface area contributed by atoms with Crippen molar-refractivity contribution in [2.24, 2.45) is 10.7 Å². The van der Waals surface area contributed by atoms with E-state index in [9.17, 15) is 0 Å². The second-order valence-electron chi connectivity index (χ2n) is 2.70. The summed E-state index contributed by atoms with van der Waals surface area (Å²) in [5, 5.41) is 0. The number of rotatable bonds is 7. The van der Waals surface area contributed by atoms with Gasteiger partial charge < -0.3 is 5.73 Å². The van der Waals surface area contributed by atoms with Gasteiger partial charge in [-0.1, -0.05) is 19.8 Å². The van der Waals surface area contributed by atoms with Crippen molar-refractivity contribution in [1.82, 2.24) is 0 Å². The van der Waals surface area contributed by atoms with Crippen molar-refractivity contribution in [3.63, 3.8) is 0 Å². The third kappa shape index (κ3) is 9.63. The molecule has 0 amide bonds. The number of hydrogen-bond acceptors (Lipinski definition) is 2. The zero-order chi connectivity index (χ0) is 8.36. The van der Waals surface area contributed by atoms with Gasteiger partial charge in [-0.2, -0.15) is 0 Å². The van der Waals surface area contributed by atoms with Crippen molar-refractivity contribution in [2.75, 3.05) is 13.1 Å². The van der Waals surface area contributed by atoms with E-state index in [1.807, 2.05) is 6.21 Å². The van der Waals surface area contributed by atoms with Gasteiger partial charge in [0.1, 0.15) is 0 Å². The van der Waals surface area contributed by atoms with Gasteiger partial charge in [0.2, 0.25) is 0 Å². The Hall–Kier alpha value is -0.370. The third-order valence-electron chi connectivity index (χ3n) is 1.55. The van der Waals surface area contributed by atoms with Crippen molar-refractivity contribution in [3.05, 3.63) is 0 Å². The topological polar surface area (TPSA) is 38.4 Å². The van der Waals surface area contributed by atoms with E-state index in [1.165, 1.54) is 19.3 Å². The first-order chi connectivity index (χ1) is 5.41. The fraction of sp³-hybridized carbons (Fsp3) is 0.889. The predicted octanol–water partition coefficient (Wildman–Crippen LogP) is 1.99. The average Bonchev–Trinajstić information content (AvgIpc) is 2.03. The molecule has 0 saturated carbocycles. The summed E-state index contributed by atoms with van der Waals surface area (Å²) in [5.74, 6) is 0. The zero-order valence-electron chi connectivity index (χ0n) is 7.55. The SMILES string of the molecule is CCC=NCCCCCCN. The third-order valence-corrected chi connectivity index (χ3v) is 1.55. The Labute approximate surface area is 69.9 Å². The molecule has 0 fully saturated rings. The molecule has 2 heteroatoms. The standard InChI is InChI=1S/C9H20N2/c1-2-8-11-9-6-4-3-5-7-10/h8H,2-7,9-10H2,1H3. The molecule has 0 radical (unpaired) electrons. The van der Waals surface area contributed by atoms with Crippen LogP contribution < -0.4 is 5.73 Å². The highest BCUT2D eigenvalue weighted by Gasteiger charge is 1.85. The van der Waals surface area contributed by atoms with E-state index in [-0.39, 0.29) is 0 Å². The molecule has 11 heavy (non-hydrogen) atoms. The van der Waals surface area contributed by atoms with Crippen LogP contribution in [-0.2, 0) is 0 Å². The Balaban J connectivity index is 2.85. The van der Waals surface area contributed by atoms with Gasteiger partial charge in [-0.15, -0.1) is 0 Å². The Morgan fingerprint density at radius 2 is 1.91 bits per heavy atom. The maximum absolute atomic E-state index is 5.36. The first-order valence-corrected chi connectivity index (χ1v) is 4.60. The highest BCUT2D eigenvalue weighted by molar-refractivity contribution is 5.56. The molecule has 0 aromatic heterocycles. The number of nitrogens with two attached hydrogens (primary N) is 1. The molecule has 0 atom stereocenters. The first kappa shape index (κ1) is 10.6. The molecule has 0 aromatic rings. The molecular weight excluding hydrogens is 136 g/mol. The van der Waals surface area contributed by atoms with Gasteiger partial charge in [-0.25, -0.2) is 0 Å². The van der Waals surface area contributed by atoms with Crippen LogP contribution in [0.2, 0.25) is 0 Å². The summed E-state index contributed by atoms with van der Waals surface area (Å²) in [6.45, 7) is 3.94. The summed E-state index contributed by atoms with van der Waals surface area (Å²) in [6.07, 6.45) is 7.97. The highest BCUT2D eigenvalue weighted by atomic mass is 14.7. The van der Waals surface area contributed by atoms with Crippen LogP contribution in [0.25, 0.3) is 0 Å². The van der Waals surface area contributed by atoms with Gasteiger partial charge in [-0.05, 0) is 32.0 Å². The highest BCUT2D eigenvalue weighted by Crippen LogP contribution is 1.97. The van der Waals surface area contributed by atoms with Crippen LogP contribution in [0.4, 0.5) is 0 Å². The van der Waals surface area contributed by atoms with Gasteiger partial charge in [0.15, 0.2) is 0 Å². The number of unbranched alkanes of at least 4 members (excludes halogenated alkanes) is 3. The minimum atomic E-state index is 0.832. The Morgan fingerprint density at radius 3 is 2.55 bits per heavy atom. The summed E-state index contributed by atoms with van der Waals surface area (Å²) in [7, 11) is 0. The number of aliphatic imine (C=N–C) groups is 1. The van der Waals surface area contributed by atoms with E-state index < -0.39 is 0 Å². The lowest BCUT2D eigenvalue weighted by Crippen LogP contribution is -1.97. The fourth-order valence-electron chi connectivity index (χ4n) is 0.921. The van der Waals surface area contributed by atoms with Gasteiger partial charge in [-0.3, -0.25) is 4.99 Å². The Morgan fingerprint density at radius 1 is 1.18 bits per heavy atom. The average molecular weight is 156 g/mol. The monoisotopic (exact) mass is 156 g/mol. The normalized spacial score (nSPS) is 11.1. The second-order valence-corrected chi connectivity index (χ2v) is 2.70. The molecule has 2 nitrogen and oxygen atoms in total. The van der Waals surface area contributed by atoms with Crippen molar-refractivity contribution < 1.29 is 0 Å². The van der Waals surface area contributed by atoms with Crippen LogP contribution in [0.3, 0.4) is 0 Å². The quantitative estimate of drug-likeness (QED) is 0.444. The summed E-state index contributed by atoms with van der Waals surface area (Å²) < 4.78 is 0. The van der Waals surface area contributed by atoms with Crippen LogP contribution in [0.1, 0.15) is 39.0 Å². The van der Waals surface area contributed by atoms with E-state index in [1.54, 1.807) is 0 Å². The molecule has 0 spiro atoms. The molecule has 0 bridgehead atoms. The van der Waals surface area contributed by atoms with Crippen molar-refractivity contribution >= 4 is 6.21 Å². The summed E-state index contributed by atoms with van der Waals surface area (Å²) in [4.78, 5) is 4.23. The molecule has 0 rings (SSSR count). The Bertz CT molecular complexity index is 89.6. The Kier molecular flexibility index (Phi) is 9.31. The lowest BCUT2D eigenvalue weighted by molar-refractivity contribution is 0.654. The molecule has 0 aliphatic carbocycles. The summed E-state index contributed by atoms with van der Waals surface area (Å²) in [5.41, 5.74) is 5.36. The molecule has 2 N–H and O–H groups in total. The minimum absolute atomic E-state index is 0.832. The lowest BCUT2D eigenvalue weighted by Gasteiger charge is -1.95. The van der Waals surface area contributed by atoms with Crippen molar-refractivity contribution in [2.45, 2.75) is 39.0 Å². The van der Waals surface area contributed by atoms with Crippen LogP contribution in [0, 0.1) is 0 Å². The van der Waals surface area contributed by atoms with Gasteiger partial charge in [0, 0.05) is 6.54 Å². The molecule has 66 valence electrons. The van der Waals surface area contributed by atoms with Crippen LogP contribution in [0.15, 0.2) is 4.99 Å². The van der Waals surface area contributed by atoms with E-state index in [0.717, 1.165) is 25.9 Å². The summed E-state index contributed by atoms with van der Waals surface area (Å²) >= 11 is 0. The van der Waals surface area contributed by atoms with E-state index in [4.69, 9.17) is 5.73 Å². The maximum Gasteiger partial charge on any atom is 0.0385 e. The molecule has 0 aliphatic rings. The molecular formula is C9H20N2. The zero-order valence-corrected chi connectivity index (χ0v) is 7.55. The molecule has 0 heterocycles. The maximum atomic E-state index is 5.36.